The van der Waals surface area contributed by atoms with E-state index in [1.807, 2.05) is 13.8 Å². The molecule has 6 heteroatoms. The molecule has 0 radical (unpaired) electrons. The van der Waals surface area contributed by atoms with Crippen LogP contribution in [0.3, 0.4) is 0 Å². The molecule has 0 heterocycles. The number of halogens is 1. The van der Waals surface area contributed by atoms with Crippen LogP contribution in [0.4, 0.5) is 5.69 Å². The van der Waals surface area contributed by atoms with Gasteiger partial charge in [0, 0.05) is 17.9 Å². The average Bonchev–Trinajstić information content (AvgIpc) is 2.41. The summed E-state index contributed by atoms with van der Waals surface area (Å²) in [6, 6.07) is 4.14. The number of nitrogens with zero attached hydrogens (tertiary/aromatic N) is 1. The van der Waals surface area contributed by atoms with Gasteiger partial charge in [-0.05, 0) is 18.9 Å². The standard InChI is InChI=1S/C14H18ClNO4/c1-3-14(4-2)12(17)8-13(14)20-11-7-9(16(18)19)5-6-10(11)15/h5-7,12-13,17H,3-4,8H2,1-2H3. The van der Waals surface area contributed by atoms with Gasteiger partial charge in [-0.3, -0.25) is 10.1 Å². The van der Waals surface area contributed by atoms with Gasteiger partial charge >= 0.3 is 0 Å². The summed E-state index contributed by atoms with van der Waals surface area (Å²) >= 11 is 6.03. The second-order valence-electron chi connectivity index (χ2n) is 5.17. The zero-order chi connectivity index (χ0) is 14.9. The summed E-state index contributed by atoms with van der Waals surface area (Å²) in [5.41, 5.74) is -0.337. The summed E-state index contributed by atoms with van der Waals surface area (Å²) in [4.78, 5) is 10.3. The lowest BCUT2D eigenvalue weighted by Gasteiger charge is -2.52. The Bertz CT molecular complexity index is 516. The summed E-state index contributed by atoms with van der Waals surface area (Å²) in [7, 11) is 0. The fourth-order valence-corrected chi connectivity index (χ4v) is 3.08. The van der Waals surface area contributed by atoms with E-state index < -0.39 is 4.92 Å². The van der Waals surface area contributed by atoms with Gasteiger partial charge in [-0.2, -0.15) is 0 Å². The van der Waals surface area contributed by atoms with Crippen molar-refractivity contribution in [1.82, 2.24) is 0 Å². The number of non-ortho nitro benzene ring substituents is 1. The maximum atomic E-state index is 10.8. The molecule has 5 nitrogen and oxygen atoms in total. The third kappa shape index (κ3) is 2.36. The van der Waals surface area contributed by atoms with E-state index in [0.717, 1.165) is 12.8 Å². The molecule has 2 rings (SSSR count). The molecule has 20 heavy (non-hydrogen) atoms. The molecule has 0 amide bonds. The summed E-state index contributed by atoms with van der Waals surface area (Å²) in [6.45, 7) is 4.02. The number of nitro benzene ring substituents is 1. The minimum atomic E-state index is -0.480. The van der Waals surface area contributed by atoms with Crippen molar-refractivity contribution < 1.29 is 14.8 Å². The van der Waals surface area contributed by atoms with Crippen LogP contribution in [0.25, 0.3) is 0 Å². The van der Waals surface area contributed by atoms with Crippen LogP contribution in [-0.4, -0.2) is 22.2 Å². The van der Waals surface area contributed by atoms with E-state index in [2.05, 4.69) is 0 Å². The Hall–Kier alpha value is -1.33. The fraction of sp³-hybridized carbons (Fsp3) is 0.571. The number of rotatable bonds is 5. The topological polar surface area (TPSA) is 72.6 Å². The first kappa shape index (κ1) is 15.1. The highest BCUT2D eigenvalue weighted by molar-refractivity contribution is 6.32. The van der Waals surface area contributed by atoms with Crippen molar-refractivity contribution >= 4 is 17.3 Å². The Morgan fingerprint density at radius 1 is 1.50 bits per heavy atom. The predicted octanol–water partition coefficient (Wildman–Crippen LogP) is 3.57. The summed E-state index contributed by atoms with van der Waals surface area (Å²) in [5.74, 6) is 0.309. The van der Waals surface area contributed by atoms with Crippen molar-refractivity contribution in [3.8, 4) is 5.75 Å². The van der Waals surface area contributed by atoms with Gasteiger partial charge in [0.25, 0.3) is 5.69 Å². The predicted molar refractivity (Wildman–Crippen MR) is 76.2 cm³/mol. The molecule has 1 aromatic rings. The lowest BCUT2D eigenvalue weighted by molar-refractivity contribution is -0.385. The lowest BCUT2D eigenvalue weighted by atomic mass is 9.60. The van der Waals surface area contributed by atoms with Gasteiger partial charge in [-0.15, -0.1) is 0 Å². The Kier molecular flexibility index (Phi) is 4.20. The van der Waals surface area contributed by atoms with Crippen LogP contribution in [0.5, 0.6) is 5.75 Å². The number of hydrogen-bond donors (Lipinski definition) is 1. The molecule has 1 aliphatic carbocycles. The average molecular weight is 300 g/mol. The van der Waals surface area contributed by atoms with Crippen molar-refractivity contribution in [3.05, 3.63) is 33.3 Å². The molecule has 0 bridgehead atoms. The fourth-order valence-electron chi connectivity index (χ4n) is 2.92. The van der Waals surface area contributed by atoms with E-state index in [1.165, 1.54) is 18.2 Å². The first-order chi connectivity index (χ1) is 9.44. The third-order valence-electron chi connectivity index (χ3n) is 4.45. The molecule has 0 aromatic heterocycles. The van der Waals surface area contributed by atoms with E-state index in [4.69, 9.17) is 16.3 Å². The zero-order valence-corrected chi connectivity index (χ0v) is 12.3. The van der Waals surface area contributed by atoms with Crippen LogP contribution in [0.15, 0.2) is 18.2 Å². The van der Waals surface area contributed by atoms with E-state index in [-0.39, 0.29) is 23.3 Å². The lowest BCUT2D eigenvalue weighted by Crippen LogP contribution is -2.59. The molecule has 1 aromatic carbocycles. The minimum absolute atomic E-state index is 0.0529. The normalized spacial score (nSPS) is 24.0. The molecular formula is C14H18ClNO4. The van der Waals surface area contributed by atoms with Crippen molar-refractivity contribution in [3.63, 3.8) is 0 Å². The molecule has 0 saturated heterocycles. The molecule has 110 valence electrons. The Morgan fingerprint density at radius 2 is 2.15 bits per heavy atom. The quantitative estimate of drug-likeness (QED) is 0.666. The van der Waals surface area contributed by atoms with E-state index >= 15 is 0 Å². The van der Waals surface area contributed by atoms with E-state index in [1.54, 1.807) is 0 Å². The Balaban J connectivity index is 2.22. The number of hydrogen-bond acceptors (Lipinski definition) is 4. The number of benzene rings is 1. The highest BCUT2D eigenvalue weighted by atomic mass is 35.5. The largest absolute Gasteiger partial charge is 0.488 e. The van der Waals surface area contributed by atoms with Gasteiger partial charge in [-0.1, -0.05) is 25.4 Å². The summed E-state index contributed by atoms with van der Waals surface area (Å²) < 4.78 is 5.84. The van der Waals surface area contributed by atoms with Gasteiger partial charge in [0.1, 0.15) is 11.9 Å². The SMILES string of the molecule is CCC1(CC)C(O)CC1Oc1cc([N+](=O)[O-])ccc1Cl. The van der Waals surface area contributed by atoms with E-state index in [0.29, 0.717) is 17.2 Å². The van der Waals surface area contributed by atoms with Gasteiger partial charge in [-0.25, -0.2) is 0 Å². The Morgan fingerprint density at radius 3 is 2.65 bits per heavy atom. The maximum absolute atomic E-state index is 10.8. The van der Waals surface area contributed by atoms with E-state index in [9.17, 15) is 15.2 Å². The minimum Gasteiger partial charge on any atom is -0.488 e. The highest BCUT2D eigenvalue weighted by Gasteiger charge is 2.53. The van der Waals surface area contributed by atoms with Crippen LogP contribution < -0.4 is 4.74 Å². The summed E-state index contributed by atoms with van der Waals surface area (Å²) in [6.07, 6.45) is 1.57. The maximum Gasteiger partial charge on any atom is 0.273 e. The molecule has 2 unspecified atom stereocenters. The van der Waals surface area contributed by atoms with Crippen LogP contribution in [-0.2, 0) is 0 Å². The number of ether oxygens (including phenoxy) is 1. The smallest absolute Gasteiger partial charge is 0.273 e. The first-order valence-corrected chi connectivity index (χ1v) is 7.11. The van der Waals surface area contributed by atoms with Gasteiger partial charge in [0.05, 0.1) is 22.1 Å². The second kappa shape index (κ2) is 5.58. The molecule has 2 atom stereocenters. The molecule has 0 spiro atoms. The first-order valence-electron chi connectivity index (χ1n) is 6.73. The summed E-state index contributed by atoms with van der Waals surface area (Å²) in [5, 5.41) is 21.1. The van der Waals surface area contributed by atoms with Crippen LogP contribution >= 0.6 is 11.6 Å². The number of nitro groups is 1. The molecule has 1 saturated carbocycles. The Labute approximate surface area is 122 Å². The molecule has 1 aliphatic rings. The van der Waals surface area contributed by atoms with Crippen LogP contribution in [0, 0.1) is 15.5 Å². The molecule has 1 N–H and O–H groups in total. The third-order valence-corrected chi connectivity index (χ3v) is 4.77. The van der Waals surface area contributed by atoms with Crippen molar-refractivity contribution in [2.75, 3.05) is 0 Å². The van der Waals surface area contributed by atoms with Crippen LogP contribution in [0.2, 0.25) is 5.02 Å². The van der Waals surface area contributed by atoms with Crippen molar-refractivity contribution in [2.24, 2.45) is 5.41 Å². The van der Waals surface area contributed by atoms with Gasteiger partial charge in [0.2, 0.25) is 0 Å². The van der Waals surface area contributed by atoms with Crippen LogP contribution in [0.1, 0.15) is 33.1 Å². The molecule has 0 aliphatic heterocycles. The van der Waals surface area contributed by atoms with Gasteiger partial charge < -0.3 is 9.84 Å². The molecular weight excluding hydrogens is 282 g/mol. The number of aliphatic hydroxyl groups is 1. The van der Waals surface area contributed by atoms with Crippen molar-refractivity contribution in [1.29, 1.82) is 0 Å². The number of aliphatic hydroxyl groups excluding tert-OH is 1. The monoisotopic (exact) mass is 299 g/mol. The molecule has 1 fully saturated rings. The second-order valence-corrected chi connectivity index (χ2v) is 5.58. The van der Waals surface area contributed by atoms with Crippen molar-refractivity contribution in [2.45, 2.75) is 45.3 Å². The zero-order valence-electron chi connectivity index (χ0n) is 11.5. The highest BCUT2D eigenvalue weighted by Crippen LogP contribution is 2.49. The van der Waals surface area contributed by atoms with Gasteiger partial charge in [0.15, 0.2) is 0 Å².